The Bertz CT molecular complexity index is 334. The maximum atomic E-state index is 12.8. The van der Waals surface area contributed by atoms with Gasteiger partial charge in [0.2, 0.25) is 0 Å². The number of epoxide rings is 1. The molecule has 10 heteroatoms. The van der Waals surface area contributed by atoms with Crippen LogP contribution in [0, 0.1) is 0 Å². The van der Waals surface area contributed by atoms with Gasteiger partial charge in [0.05, 0.1) is 13.2 Å². The van der Waals surface area contributed by atoms with Crippen LogP contribution >= 0.6 is 0 Å². The molecule has 0 radical (unpaired) electrons. The molecule has 1 aliphatic heterocycles. The van der Waals surface area contributed by atoms with Crippen molar-refractivity contribution in [1.29, 1.82) is 0 Å². The molecular weight excluding hydrogens is 251 g/mol. The molecule has 0 amide bonds. The molecule has 1 heterocycles. The zero-order chi connectivity index (χ0) is 11.9. The van der Waals surface area contributed by atoms with E-state index in [1.165, 1.54) is 0 Å². The maximum absolute atomic E-state index is 12.8. The maximum Gasteiger partial charge on any atom is 0.467 e. The quantitative estimate of drug-likeness (QED) is 0.426. The number of hydrogen-bond acceptors (Lipinski definition) is 4. The summed E-state index contributed by atoms with van der Waals surface area (Å²) < 4.78 is 88.4. The number of ether oxygens (including phenoxy) is 2. The molecule has 1 rings (SSSR count). The lowest BCUT2D eigenvalue weighted by Crippen LogP contribution is -2.49. The molecule has 0 aromatic carbocycles. The van der Waals surface area contributed by atoms with Gasteiger partial charge in [-0.05, 0) is 0 Å². The van der Waals surface area contributed by atoms with E-state index < -0.39 is 34.3 Å². The Kier molecular flexibility index (Phi) is 2.96. The summed E-state index contributed by atoms with van der Waals surface area (Å²) in [4.78, 5) is 0. The predicted molar refractivity (Wildman–Crippen MR) is 35.6 cm³/mol. The second kappa shape index (κ2) is 3.52. The van der Waals surface area contributed by atoms with Crippen molar-refractivity contribution in [3.8, 4) is 0 Å². The number of hydrogen-bond donors (Lipinski definition) is 0. The minimum absolute atomic E-state index is 0.0142. The van der Waals surface area contributed by atoms with Crippen molar-refractivity contribution < 1.29 is 39.3 Å². The molecule has 0 spiro atoms. The molecule has 1 aliphatic rings. The highest BCUT2D eigenvalue weighted by Gasteiger charge is 2.69. The predicted octanol–water partition coefficient (Wildman–Crippen LogP) is 0.887. The molecular formula is C5H5F5O4S. The fourth-order valence-electron chi connectivity index (χ4n) is 0.655. The van der Waals surface area contributed by atoms with E-state index in [2.05, 4.69) is 9.47 Å². The van der Waals surface area contributed by atoms with Crippen LogP contribution in [-0.4, -0.2) is 39.1 Å². The lowest BCUT2D eigenvalue weighted by atomic mass is 10.5. The van der Waals surface area contributed by atoms with E-state index in [0.29, 0.717) is 0 Å². The van der Waals surface area contributed by atoms with Crippen molar-refractivity contribution in [2.75, 3.05) is 13.2 Å². The van der Waals surface area contributed by atoms with Gasteiger partial charge in [0.25, 0.3) is 0 Å². The summed E-state index contributed by atoms with van der Waals surface area (Å²) in [6.45, 7) is -0.973. The van der Waals surface area contributed by atoms with E-state index >= 15 is 0 Å². The van der Waals surface area contributed by atoms with Gasteiger partial charge in [-0.15, -0.1) is 0 Å². The van der Waals surface area contributed by atoms with Crippen LogP contribution in [0.25, 0.3) is 0 Å². The van der Waals surface area contributed by atoms with Gasteiger partial charge < -0.3 is 9.47 Å². The van der Waals surface area contributed by atoms with Crippen molar-refractivity contribution in [3.05, 3.63) is 0 Å². The Balaban J connectivity index is 2.85. The molecule has 4 nitrogen and oxygen atoms in total. The Morgan fingerprint density at radius 2 is 1.80 bits per heavy atom. The van der Waals surface area contributed by atoms with Crippen LogP contribution in [0.5, 0.6) is 0 Å². The molecule has 0 bridgehead atoms. The van der Waals surface area contributed by atoms with Crippen molar-refractivity contribution in [2.24, 2.45) is 0 Å². The molecule has 1 fully saturated rings. The molecule has 0 aliphatic carbocycles. The molecule has 2 atom stereocenters. The summed E-state index contributed by atoms with van der Waals surface area (Å²) in [6, 6.07) is 0. The average Bonchev–Trinajstić information content (AvgIpc) is 2.78. The standard InChI is InChI=1S/C5H5F5O4S/c6-4(7,8)5(9,15(10,11)12)14-2-3-1-13-3/h3H,1-2H2. The van der Waals surface area contributed by atoms with Crippen LogP contribution < -0.4 is 0 Å². The van der Waals surface area contributed by atoms with Crippen LogP contribution in [0.1, 0.15) is 0 Å². The SMILES string of the molecule is O=S(=O)(F)C(F)(OCC1CO1)C(F)(F)F. The van der Waals surface area contributed by atoms with E-state index in [4.69, 9.17) is 0 Å². The smallest absolute Gasteiger partial charge is 0.371 e. The first-order valence-corrected chi connectivity index (χ1v) is 4.91. The Morgan fingerprint density at radius 3 is 2.07 bits per heavy atom. The Morgan fingerprint density at radius 1 is 1.33 bits per heavy atom. The van der Waals surface area contributed by atoms with E-state index in [9.17, 15) is 29.9 Å². The van der Waals surface area contributed by atoms with Gasteiger partial charge in [0.1, 0.15) is 6.10 Å². The minimum atomic E-state index is -6.56. The molecule has 0 N–H and O–H groups in total. The first-order chi connectivity index (χ1) is 6.58. The van der Waals surface area contributed by atoms with Gasteiger partial charge in [0, 0.05) is 0 Å². The fraction of sp³-hybridized carbons (Fsp3) is 1.00. The summed E-state index contributed by atoms with van der Waals surface area (Å²) in [6.07, 6.45) is -6.83. The zero-order valence-electron chi connectivity index (χ0n) is 6.92. The molecule has 1 saturated heterocycles. The summed E-state index contributed by atoms with van der Waals surface area (Å²) in [5.74, 6) is 0. The molecule has 90 valence electrons. The van der Waals surface area contributed by atoms with Crippen molar-refractivity contribution in [2.45, 2.75) is 17.5 Å². The Labute approximate surface area is 81.2 Å². The van der Waals surface area contributed by atoms with Crippen LogP contribution in [0.3, 0.4) is 0 Å². The highest BCUT2D eigenvalue weighted by atomic mass is 32.3. The number of rotatable bonds is 4. The van der Waals surface area contributed by atoms with E-state index in [-0.39, 0.29) is 6.61 Å². The highest BCUT2D eigenvalue weighted by Crippen LogP contribution is 2.41. The second-order valence-corrected chi connectivity index (χ2v) is 4.14. The normalized spacial score (nSPS) is 26.1. The summed E-state index contributed by atoms with van der Waals surface area (Å²) in [5, 5.41) is -5.33. The lowest BCUT2D eigenvalue weighted by molar-refractivity contribution is -0.291. The van der Waals surface area contributed by atoms with Crippen LogP contribution in [-0.2, 0) is 19.7 Å². The monoisotopic (exact) mass is 256 g/mol. The van der Waals surface area contributed by atoms with Gasteiger partial charge >= 0.3 is 21.6 Å². The average molecular weight is 256 g/mol. The van der Waals surface area contributed by atoms with Crippen molar-refractivity contribution in [1.82, 2.24) is 0 Å². The van der Waals surface area contributed by atoms with Crippen LogP contribution in [0.15, 0.2) is 0 Å². The third kappa shape index (κ3) is 2.55. The van der Waals surface area contributed by atoms with E-state index in [0.717, 1.165) is 0 Å². The summed E-state index contributed by atoms with van der Waals surface area (Å²) in [7, 11) is -6.56. The van der Waals surface area contributed by atoms with Crippen molar-refractivity contribution in [3.63, 3.8) is 0 Å². The molecule has 2 unspecified atom stereocenters. The summed E-state index contributed by atoms with van der Waals surface area (Å²) >= 11 is 0. The molecule has 15 heavy (non-hydrogen) atoms. The second-order valence-electron chi connectivity index (χ2n) is 2.74. The highest BCUT2D eigenvalue weighted by molar-refractivity contribution is 7.87. The van der Waals surface area contributed by atoms with E-state index in [1.54, 1.807) is 0 Å². The van der Waals surface area contributed by atoms with Gasteiger partial charge in [0.15, 0.2) is 0 Å². The van der Waals surface area contributed by atoms with Crippen LogP contribution in [0.2, 0.25) is 0 Å². The summed E-state index contributed by atoms with van der Waals surface area (Å²) in [5.41, 5.74) is 0. The number of alkyl halides is 4. The van der Waals surface area contributed by atoms with Gasteiger partial charge in [-0.1, -0.05) is 3.89 Å². The molecule has 0 aromatic heterocycles. The van der Waals surface area contributed by atoms with E-state index in [1.807, 2.05) is 0 Å². The first-order valence-electron chi connectivity index (χ1n) is 3.53. The molecule has 0 aromatic rings. The topological polar surface area (TPSA) is 55.9 Å². The van der Waals surface area contributed by atoms with Gasteiger partial charge in [-0.3, -0.25) is 0 Å². The fourth-order valence-corrected chi connectivity index (χ4v) is 1.14. The third-order valence-electron chi connectivity index (χ3n) is 1.51. The van der Waals surface area contributed by atoms with Gasteiger partial charge in [-0.2, -0.15) is 26.0 Å². The largest absolute Gasteiger partial charge is 0.467 e. The van der Waals surface area contributed by atoms with Gasteiger partial charge in [-0.25, -0.2) is 0 Å². The third-order valence-corrected chi connectivity index (χ3v) is 2.49. The zero-order valence-corrected chi connectivity index (χ0v) is 7.74. The number of halogens is 5. The minimum Gasteiger partial charge on any atom is -0.371 e. The Hall–Kier alpha value is -0.480. The molecule has 0 saturated carbocycles. The first kappa shape index (κ1) is 12.6. The van der Waals surface area contributed by atoms with Crippen molar-refractivity contribution >= 4 is 10.2 Å². The van der Waals surface area contributed by atoms with Crippen LogP contribution in [0.4, 0.5) is 21.4 Å². The lowest BCUT2D eigenvalue weighted by Gasteiger charge is -2.23.